The Labute approximate surface area is 151 Å². The van der Waals surface area contributed by atoms with Gasteiger partial charge in [0.1, 0.15) is 5.82 Å². The molecule has 0 saturated carbocycles. The molecule has 0 bridgehead atoms. The van der Waals surface area contributed by atoms with Crippen molar-refractivity contribution in [1.82, 2.24) is 20.4 Å². The molecule has 2 saturated heterocycles. The summed E-state index contributed by atoms with van der Waals surface area (Å²) in [7, 11) is 0. The quantitative estimate of drug-likeness (QED) is 0.875. The normalized spacial score (nSPS) is 20.3. The third kappa shape index (κ3) is 3.85. The zero-order chi connectivity index (χ0) is 17.8. The Morgan fingerprint density at radius 2 is 2.15 bits per heavy atom. The molecule has 0 aliphatic carbocycles. The summed E-state index contributed by atoms with van der Waals surface area (Å²) in [5, 5.41) is 6.74. The Bertz CT molecular complexity index is 751. The largest absolute Gasteiger partial charge is 0.376 e. The monoisotopic (exact) mass is 357 g/mol. The van der Waals surface area contributed by atoms with E-state index in [4.69, 9.17) is 9.26 Å². The van der Waals surface area contributed by atoms with Gasteiger partial charge < -0.3 is 19.5 Å². The molecule has 0 unspecified atom stereocenters. The molecule has 0 aromatic carbocycles. The SMILES string of the molecule is O=C(NC[C@H]1CCCO1)c1nc(-c2ccnc(N3CCCCC3)c2)no1. The second kappa shape index (κ2) is 7.82. The van der Waals surface area contributed by atoms with Gasteiger partial charge in [-0.15, -0.1) is 0 Å². The summed E-state index contributed by atoms with van der Waals surface area (Å²) < 4.78 is 10.6. The van der Waals surface area contributed by atoms with Gasteiger partial charge in [0.05, 0.1) is 6.10 Å². The number of carbonyl (C=O) groups is 1. The average Bonchev–Trinajstić information content (AvgIpc) is 3.39. The number of aromatic nitrogens is 3. The van der Waals surface area contributed by atoms with Crippen molar-refractivity contribution in [2.75, 3.05) is 31.1 Å². The molecule has 1 atom stereocenters. The molecule has 26 heavy (non-hydrogen) atoms. The van der Waals surface area contributed by atoms with Crippen LogP contribution >= 0.6 is 0 Å². The van der Waals surface area contributed by atoms with Crippen molar-refractivity contribution in [3.05, 3.63) is 24.2 Å². The first-order valence-electron chi connectivity index (χ1n) is 9.24. The van der Waals surface area contributed by atoms with Crippen LogP contribution in [-0.2, 0) is 4.74 Å². The minimum Gasteiger partial charge on any atom is -0.376 e. The number of pyridine rings is 1. The molecule has 8 heteroatoms. The Balaban J connectivity index is 1.42. The van der Waals surface area contributed by atoms with Crippen LogP contribution in [0.3, 0.4) is 0 Å². The number of anilines is 1. The maximum Gasteiger partial charge on any atom is 0.316 e. The average molecular weight is 357 g/mol. The predicted molar refractivity (Wildman–Crippen MR) is 94.9 cm³/mol. The van der Waals surface area contributed by atoms with Crippen molar-refractivity contribution in [3.63, 3.8) is 0 Å². The van der Waals surface area contributed by atoms with Crippen LogP contribution < -0.4 is 10.2 Å². The van der Waals surface area contributed by atoms with Gasteiger partial charge >= 0.3 is 11.8 Å². The highest BCUT2D eigenvalue weighted by atomic mass is 16.5. The van der Waals surface area contributed by atoms with E-state index < -0.39 is 0 Å². The van der Waals surface area contributed by atoms with Crippen LogP contribution in [-0.4, -0.2) is 53.4 Å². The summed E-state index contributed by atoms with van der Waals surface area (Å²) in [4.78, 5) is 23.1. The van der Waals surface area contributed by atoms with Gasteiger partial charge in [0.2, 0.25) is 5.82 Å². The van der Waals surface area contributed by atoms with Crippen LogP contribution in [0.4, 0.5) is 5.82 Å². The summed E-state index contributed by atoms with van der Waals surface area (Å²) >= 11 is 0. The lowest BCUT2D eigenvalue weighted by molar-refractivity contribution is 0.0822. The summed E-state index contributed by atoms with van der Waals surface area (Å²) in [6.45, 7) is 3.25. The van der Waals surface area contributed by atoms with Gasteiger partial charge in [-0.05, 0) is 44.2 Å². The fourth-order valence-corrected chi connectivity index (χ4v) is 3.37. The van der Waals surface area contributed by atoms with E-state index in [1.165, 1.54) is 19.3 Å². The third-order valence-electron chi connectivity index (χ3n) is 4.82. The molecule has 2 aromatic heterocycles. The maximum absolute atomic E-state index is 12.2. The summed E-state index contributed by atoms with van der Waals surface area (Å²) in [6.07, 6.45) is 7.46. The molecule has 4 heterocycles. The van der Waals surface area contributed by atoms with E-state index in [1.807, 2.05) is 12.1 Å². The van der Waals surface area contributed by atoms with Crippen molar-refractivity contribution in [3.8, 4) is 11.4 Å². The topological polar surface area (TPSA) is 93.4 Å². The van der Waals surface area contributed by atoms with Crippen LogP contribution in [0.15, 0.2) is 22.9 Å². The molecule has 0 radical (unpaired) electrons. The molecule has 2 fully saturated rings. The highest BCUT2D eigenvalue weighted by molar-refractivity contribution is 5.89. The van der Waals surface area contributed by atoms with Gasteiger partial charge in [0.15, 0.2) is 0 Å². The standard InChI is InChI=1S/C18H23N5O3/c24-17(20-12-14-5-4-10-25-14)18-21-16(22-26-18)13-6-7-19-15(11-13)23-8-2-1-3-9-23/h6-7,11,14H,1-5,8-10,12H2,(H,20,24)/t14-/m1/s1. The molecule has 4 rings (SSSR count). The molecule has 138 valence electrons. The lowest BCUT2D eigenvalue weighted by Gasteiger charge is -2.27. The summed E-state index contributed by atoms with van der Waals surface area (Å²) in [6, 6.07) is 3.77. The van der Waals surface area contributed by atoms with Gasteiger partial charge in [-0.25, -0.2) is 4.98 Å². The van der Waals surface area contributed by atoms with Crippen molar-refractivity contribution < 1.29 is 14.1 Å². The maximum atomic E-state index is 12.2. The Morgan fingerprint density at radius 1 is 1.27 bits per heavy atom. The van der Waals surface area contributed by atoms with Crippen molar-refractivity contribution >= 4 is 11.7 Å². The number of ether oxygens (including phenoxy) is 1. The lowest BCUT2D eigenvalue weighted by Crippen LogP contribution is -2.31. The van der Waals surface area contributed by atoms with Gasteiger partial charge in [-0.3, -0.25) is 4.79 Å². The molecule has 2 aromatic rings. The fraction of sp³-hybridized carbons (Fsp3) is 0.556. The molecular formula is C18H23N5O3. The Kier molecular flexibility index (Phi) is 5.10. The first kappa shape index (κ1) is 17.0. The van der Waals surface area contributed by atoms with Gasteiger partial charge in [0.25, 0.3) is 0 Å². The molecule has 1 N–H and O–H groups in total. The van der Waals surface area contributed by atoms with Crippen LogP contribution in [0.5, 0.6) is 0 Å². The highest BCUT2D eigenvalue weighted by Gasteiger charge is 2.21. The Morgan fingerprint density at radius 3 is 2.96 bits per heavy atom. The van der Waals surface area contributed by atoms with Crippen LogP contribution in [0, 0.1) is 0 Å². The van der Waals surface area contributed by atoms with Crippen LogP contribution in [0.25, 0.3) is 11.4 Å². The number of nitrogens with one attached hydrogen (secondary N) is 1. The second-order valence-electron chi connectivity index (χ2n) is 6.72. The number of rotatable bonds is 5. The van der Waals surface area contributed by atoms with E-state index in [0.29, 0.717) is 12.4 Å². The van der Waals surface area contributed by atoms with E-state index in [9.17, 15) is 4.79 Å². The molecule has 2 aliphatic rings. The zero-order valence-electron chi connectivity index (χ0n) is 14.7. The summed E-state index contributed by atoms with van der Waals surface area (Å²) in [5.41, 5.74) is 0.794. The molecule has 1 amide bonds. The zero-order valence-corrected chi connectivity index (χ0v) is 14.7. The molecular weight excluding hydrogens is 334 g/mol. The summed E-state index contributed by atoms with van der Waals surface area (Å²) in [5.74, 6) is 0.906. The van der Waals surface area contributed by atoms with Crippen molar-refractivity contribution in [2.45, 2.75) is 38.2 Å². The number of hydrogen-bond donors (Lipinski definition) is 1. The van der Waals surface area contributed by atoms with Gasteiger partial charge in [-0.2, -0.15) is 4.98 Å². The minimum absolute atomic E-state index is 0.0330. The number of piperidine rings is 1. The number of carbonyl (C=O) groups excluding carboxylic acids is 1. The van der Waals surface area contributed by atoms with E-state index >= 15 is 0 Å². The van der Waals surface area contributed by atoms with E-state index in [0.717, 1.165) is 43.9 Å². The molecule has 8 nitrogen and oxygen atoms in total. The highest BCUT2D eigenvalue weighted by Crippen LogP contribution is 2.23. The lowest BCUT2D eigenvalue weighted by atomic mass is 10.1. The van der Waals surface area contributed by atoms with Gasteiger partial charge in [-0.1, -0.05) is 5.16 Å². The van der Waals surface area contributed by atoms with E-state index in [2.05, 4.69) is 25.3 Å². The van der Waals surface area contributed by atoms with Gasteiger partial charge in [0, 0.05) is 38.0 Å². The number of hydrogen-bond acceptors (Lipinski definition) is 7. The van der Waals surface area contributed by atoms with E-state index in [-0.39, 0.29) is 17.9 Å². The molecule has 0 spiro atoms. The van der Waals surface area contributed by atoms with Crippen LogP contribution in [0.1, 0.15) is 42.8 Å². The molecule has 2 aliphatic heterocycles. The van der Waals surface area contributed by atoms with Crippen LogP contribution in [0.2, 0.25) is 0 Å². The minimum atomic E-state index is -0.371. The second-order valence-corrected chi connectivity index (χ2v) is 6.72. The first-order chi connectivity index (χ1) is 12.8. The van der Waals surface area contributed by atoms with Crippen molar-refractivity contribution in [1.29, 1.82) is 0 Å². The first-order valence-corrected chi connectivity index (χ1v) is 9.24. The predicted octanol–water partition coefficient (Wildman–Crippen LogP) is 2.03. The number of nitrogens with zero attached hydrogens (tertiary/aromatic N) is 4. The van der Waals surface area contributed by atoms with E-state index in [1.54, 1.807) is 6.20 Å². The van der Waals surface area contributed by atoms with Crippen molar-refractivity contribution in [2.24, 2.45) is 0 Å². The fourth-order valence-electron chi connectivity index (χ4n) is 3.37. The number of amides is 1. The Hall–Kier alpha value is -2.48. The smallest absolute Gasteiger partial charge is 0.316 e. The third-order valence-corrected chi connectivity index (χ3v) is 4.82.